The lowest BCUT2D eigenvalue weighted by Gasteiger charge is -2.17. The Bertz CT molecular complexity index is 1190. The highest BCUT2D eigenvalue weighted by Crippen LogP contribution is 2.39. The average Bonchev–Trinajstić information content (AvgIpc) is 3.48. The molecule has 1 amide bonds. The zero-order valence-electron chi connectivity index (χ0n) is 16.9. The van der Waals surface area contributed by atoms with Gasteiger partial charge in [0.2, 0.25) is 11.7 Å². The molecule has 1 aliphatic rings. The van der Waals surface area contributed by atoms with Crippen molar-refractivity contribution in [2.24, 2.45) is 0 Å². The molecule has 1 saturated heterocycles. The third-order valence-electron chi connectivity index (χ3n) is 5.63. The number of aryl methyl sites for hydroxylation is 1. The molecule has 0 aromatic carbocycles. The zero-order valence-corrected chi connectivity index (χ0v) is 16.9. The molecule has 0 unspecified atom stereocenters. The Kier molecular flexibility index (Phi) is 4.95. The minimum atomic E-state index is -0.139. The van der Waals surface area contributed by atoms with Gasteiger partial charge in [-0.1, -0.05) is 17.3 Å². The molecule has 0 radical (unpaired) electrons. The first kappa shape index (κ1) is 19.0. The van der Waals surface area contributed by atoms with Crippen molar-refractivity contribution in [2.45, 2.75) is 18.8 Å². The summed E-state index contributed by atoms with van der Waals surface area (Å²) >= 11 is 0. The molecule has 2 atom stereocenters. The predicted molar refractivity (Wildman–Crippen MR) is 112 cm³/mol. The second-order valence-corrected chi connectivity index (χ2v) is 7.57. The lowest BCUT2D eigenvalue weighted by Crippen LogP contribution is -2.30. The van der Waals surface area contributed by atoms with Gasteiger partial charge < -0.3 is 9.42 Å². The van der Waals surface area contributed by atoms with Crippen molar-refractivity contribution in [1.29, 1.82) is 0 Å². The molecule has 0 N–H and O–H groups in total. The summed E-state index contributed by atoms with van der Waals surface area (Å²) in [4.78, 5) is 32.3. The third-order valence-corrected chi connectivity index (χ3v) is 5.63. The van der Waals surface area contributed by atoms with E-state index in [1.54, 1.807) is 24.8 Å². The van der Waals surface area contributed by atoms with Gasteiger partial charge in [0.1, 0.15) is 5.69 Å². The molecular weight excluding hydrogens is 392 g/mol. The lowest BCUT2D eigenvalue weighted by molar-refractivity contribution is 0.0781. The molecule has 154 valence electrons. The number of amides is 1. The lowest BCUT2D eigenvalue weighted by atomic mass is 9.90. The minimum Gasteiger partial charge on any atom is -0.339 e. The summed E-state index contributed by atoms with van der Waals surface area (Å²) < 4.78 is 5.66. The average molecular weight is 412 g/mol. The molecule has 0 aliphatic carbocycles. The maximum atomic E-state index is 13.2. The minimum absolute atomic E-state index is 0.00703. The first-order valence-electron chi connectivity index (χ1n) is 10.1. The molecule has 0 saturated carbocycles. The second kappa shape index (κ2) is 8.06. The number of rotatable bonds is 4. The molecule has 4 aromatic heterocycles. The van der Waals surface area contributed by atoms with E-state index in [0.29, 0.717) is 30.5 Å². The topological polar surface area (TPSA) is 97.9 Å². The first-order valence-corrected chi connectivity index (χ1v) is 10.1. The summed E-state index contributed by atoms with van der Waals surface area (Å²) in [5, 5.41) is 4.16. The summed E-state index contributed by atoms with van der Waals surface area (Å²) in [6, 6.07) is 11.3. The number of likely N-dealkylation sites (tertiary alicyclic amines) is 1. The van der Waals surface area contributed by atoms with Crippen LogP contribution in [0.5, 0.6) is 0 Å². The fraction of sp³-hybridized carbons (Fsp3) is 0.217. The van der Waals surface area contributed by atoms with Crippen LogP contribution in [0.2, 0.25) is 0 Å². The normalized spacial score (nSPS) is 18.3. The van der Waals surface area contributed by atoms with E-state index in [4.69, 9.17) is 4.52 Å². The Morgan fingerprint density at radius 1 is 1.00 bits per heavy atom. The smallest absolute Gasteiger partial charge is 0.272 e. The van der Waals surface area contributed by atoms with Gasteiger partial charge in [0.25, 0.3) is 5.91 Å². The van der Waals surface area contributed by atoms with Crippen LogP contribution in [0, 0.1) is 6.92 Å². The molecule has 8 nitrogen and oxygen atoms in total. The third kappa shape index (κ3) is 3.68. The van der Waals surface area contributed by atoms with E-state index in [-0.39, 0.29) is 17.7 Å². The summed E-state index contributed by atoms with van der Waals surface area (Å²) in [5.74, 6) is 0.775. The van der Waals surface area contributed by atoms with Crippen LogP contribution in [0.15, 0.2) is 71.9 Å². The van der Waals surface area contributed by atoms with Gasteiger partial charge in [-0.05, 0) is 42.3 Å². The van der Waals surface area contributed by atoms with E-state index in [2.05, 4.69) is 25.1 Å². The van der Waals surface area contributed by atoms with Crippen molar-refractivity contribution in [1.82, 2.24) is 30.0 Å². The Morgan fingerprint density at radius 3 is 2.58 bits per heavy atom. The maximum absolute atomic E-state index is 13.2. The number of carbonyl (C=O) groups excluding carboxylic acids is 1. The van der Waals surface area contributed by atoms with E-state index in [1.165, 1.54) is 0 Å². The molecule has 8 heteroatoms. The Labute approximate surface area is 179 Å². The highest BCUT2D eigenvalue weighted by molar-refractivity contribution is 5.94. The molecule has 1 aliphatic heterocycles. The fourth-order valence-corrected chi connectivity index (χ4v) is 4.02. The van der Waals surface area contributed by atoms with Crippen LogP contribution in [-0.4, -0.2) is 49.0 Å². The van der Waals surface area contributed by atoms with Crippen molar-refractivity contribution in [3.63, 3.8) is 0 Å². The van der Waals surface area contributed by atoms with Crippen molar-refractivity contribution in [3.05, 3.63) is 90.1 Å². The van der Waals surface area contributed by atoms with Crippen LogP contribution >= 0.6 is 0 Å². The number of hydrogen-bond donors (Lipinski definition) is 0. The Hall–Kier alpha value is -3.94. The van der Waals surface area contributed by atoms with Gasteiger partial charge >= 0.3 is 0 Å². The molecule has 1 fully saturated rings. The second-order valence-electron chi connectivity index (χ2n) is 7.57. The van der Waals surface area contributed by atoms with Gasteiger partial charge in [-0.2, -0.15) is 4.98 Å². The maximum Gasteiger partial charge on any atom is 0.272 e. The largest absolute Gasteiger partial charge is 0.339 e. The Balaban J connectivity index is 1.48. The van der Waals surface area contributed by atoms with Gasteiger partial charge in [-0.25, -0.2) is 0 Å². The summed E-state index contributed by atoms with van der Waals surface area (Å²) in [5.41, 5.74) is 3.19. The van der Waals surface area contributed by atoms with Crippen molar-refractivity contribution >= 4 is 5.91 Å². The van der Waals surface area contributed by atoms with E-state index >= 15 is 0 Å². The highest BCUT2D eigenvalue weighted by atomic mass is 16.5. The van der Waals surface area contributed by atoms with Crippen LogP contribution in [0.3, 0.4) is 0 Å². The van der Waals surface area contributed by atoms with Gasteiger partial charge in [0.15, 0.2) is 0 Å². The standard InChI is InChI=1S/C23H20N6O2/c1-15-4-2-9-26-20(15)23(30)29-13-18(17-5-3-8-25-12-17)19(14-29)22-27-21(28-31-22)16-6-10-24-11-7-16/h2-12,18-19H,13-14H2,1H3/t18-,19+/m0/s1. The SMILES string of the molecule is Cc1cccnc1C(=O)N1C[C@@H](c2cccnc2)[C@H](c2nc(-c3ccncc3)no2)C1. The number of hydrogen-bond acceptors (Lipinski definition) is 7. The van der Waals surface area contributed by atoms with E-state index in [0.717, 1.165) is 16.7 Å². The van der Waals surface area contributed by atoms with Crippen molar-refractivity contribution in [2.75, 3.05) is 13.1 Å². The summed E-state index contributed by atoms with van der Waals surface area (Å²) in [7, 11) is 0. The molecule has 5 rings (SSSR count). The number of nitrogens with zero attached hydrogens (tertiary/aromatic N) is 6. The molecule has 0 spiro atoms. The summed E-state index contributed by atoms with van der Waals surface area (Å²) in [6.45, 7) is 2.88. The van der Waals surface area contributed by atoms with Gasteiger partial charge in [-0.3, -0.25) is 19.7 Å². The fourth-order valence-electron chi connectivity index (χ4n) is 4.02. The number of pyridine rings is 3. The Morgan fingerprint density at radius 2 is 1.81 bits per heavy atom. The first-order chi connectivity index (χ1) is 15.2. The number of carbonyl (C=O) groups is 1. The van der Waals surface area contributed by atoms with Crippen LogP contribution in [0.25, 0.3) is 11.4 Å². The van der Waals surface area contributed by atoms with Crippen molar-refractivity contribution < 1.29 is 9.32 Å². The zero-order chi connectivity index (χ0) is 21.2. The van der Waals surface area contributed by atoms with Gasteiger partial charge in [0, 0.05) is 55.6 Å². The predicted octanol–water partition coefficient (Wildman–Crippen LogP) is 3.25. The van der Waals surface area contributed by atoms with Gasteiger partial charge in [0.05, 0.1) is 5.92 Å². The van der Waals surface area contributed by atoms with Crippen molar-refractivity contribution in [3.8, 4) is 11.4 Å². The quantitative estimate of drug-likeness (QED) is 0.507. The monoisotopic (exact) mass is 412 g/mol. The molecule has 5 heterocycles. The van der Waals surface area contributed by atoms with Gasteiger partial charge in [-0.15, -0.1) is 0 Å². The molecule has 4 aromatic rings. The number of aromatic nitrogens is 5. The molecule has 0 bridgehead atoms. The highest BCUT2D eigenvalue weighted by Gasteiger charge is 2.41. The molecular formula is C23H20N6O2. The van der Waals surface area contributed by atoms with Crippen LogP contribution in [0.4, 0.5) is 0 Å². The molecule has 31 heavy (non-hydrogen) atoms. The van der Waals surface area contributed by atoms with E-state index in [9.17, 15) is 4.79 Å². The van der Waals surface area contributed by atoms with Crippen LogP contribution in [0.1, 0.15) is 39.3 Å². The van der Waals surface area contributed by atoms with Crippen LogP contribution < -0.4 is 0 Å². The van der Waals surface area contributed by atoms with E-state index in [1.807, 2.05) is 54.4 Å². The summed E-state index contributed by atoms with van der Waals surface area (Å²) in [6.07, 6.45) is 8.59. The van der Waals surface area contributed by atoms with E-state index < -0.39 is 0 Å². The van der Waals surface area contributed by atoms with Crippen LogP contribution in [-0.2, 0) is 0 Å².